The average molecular weight is 618 g/mol. The van der Waals surface area contributed by atoms with Crippen LogP contribution in [0.1, 0.15) is 61.4 Å². The van der Waals surface area contributed by atoms with Gasteiger partial charge in [-0.15, -0.1) is 16.9 Å². The maximum absolute atomic E-state index is 14.0. The van der Waals surface area contributed by atoms with Crippen LogP contribution in [0.3, 0.4) is 0 Å². The number of halogens is 3. The second-order valence-corrected chi connectivity index (χ2v) is 13.5. The molecular formula is C31H30F3N9S. The number of aromatic nitrogens is 2. The molecule has 13 heteroatoms. The Morgan fingerprint density at radius 3 is 2.55 bits per heavy atom. The Morgan fingerprint density at radius 2 is 1.89 bits per heavy atom. The third-order valence-electron chi connectivity index (χ3n) is 7.79. The summed E-state index contributed by atoms with van der Waals surface area (Å²) in [6, 6.07) is 12.9. The minimum absolute atomic E-state index is 0.00848. The molecule has 2 aliphatic rings. The monoisotopic (exact) mass is 617 g/mol. The topological polar surface area (TPSA) is 125 Å². The zero-order chi connectivity index (χ0) is 31.4. The minimum Gasteiger partial charge on any atom is -0.383 e. The van der Waals surface area contributed by atoms with Gasteiger partial charge < -0.3 is 16.1 Å². The first kappa shape index (κ1) is 29.5. The van der Waals surface area contributed by atoms with Crippen molar-refractivity contribution in [1.29, 1.82) is 10.5 Å². The second kappa shape index (κ2) is 10.5. The normalized spacial score (nSPS) is 16.7. The largest absolute Gasteiger partial charge is 0.413 e. The van der Waals surface area contributed by atoms with E-state index in [-0.39, 0.29) is 18.3 Å². The molecule has 4 N–H and O–H groups in total. The van der Waals surface area contributed by atoms with Crippen molar-refractivity contribution in [2.24, 2.45) is 5.41 Å². The average Bonchev–Trinajstić information content (AvgIpc) is 3.49. The summed E-state index contributed by atoms with van der Waals surface area (Å²) < 4.78 is 42.9. The van der Waals surface area contributed by atoms with E-state index in [1.54, 1.807) is 6.07 Å². The molecule has 3 heterocycles. The molecule has 44 heavy (non-hydrogen) atoms. The van der Waals surface area contributed by atoms with E-state index < -0.39 is 17.8 Å². The van der Waals surface area contributed by atoms with Crippen molar-refractivity contribution < 1.29 is 13.2 Å². The van der Waals surface area contributed by atoms with Crippen LogP contribution in [0, 0.1) is 35.0 Å². The lowest BCUT2D eigenvalue weighted by Gasteiger charge is -2.28. The first-order chi connectivity index (χ1) is 20.8. The Kier molecular flexibility index (Phi) is 7.06. The van der Waals surface area contributed by atoms with Gasteiger partial charge in [0, 0.05) is 30.0 Å². The summed E-state index contributed by atoms with van der Waals surface area (Å²) in [4.78, 5) is 9.04. The third-order valence-corrected chi connectivity index (χ3v) is 8.83. The van der Waals surface area contributed by atoms with Gasteiger partial charge in [-0.1, -0.05) is 32.9 Å². The van der Waals surface area contributed by atoms with Gasteiger partial charge in [0.2, 0.25) is 0 Å². The zero-order valence-electron chi connectivity index (χ0n) is 24.5. The number of hydrogen-bond donors (Lipinski definition) is 4. The Bertz CT molecular complexity index is 1890. The summed E-state index contributed by atoms with van der Waals surface area (Å²) in [6.45, 7) is 8.68. The number of rotatable bonds is 7. The molecule has 0 unspecified atom stereocenters. The van der Waals surface area contributed by atoms with Gasteiger partial charge in [0.25, 0.3) is 0 Å². The number of nitriles is 2. The first-order valence-electron chi connectivity index (χ1n) is 14.1. The molecule has 4 aromatic rings. The van der Waals surface area contributed by atoms with Crippen molar-refractivity contribution in [3.05, 3.63) is 70.1 Å². The molecule has 1 saturated carbocycles. The highest BCUT2D eigenvalue weighted by Crippen LogP contribution is 2.54. The number of hydrazine groups is 2. The number of aryl methyl sites for hydroxylation is 1. The fourth-order valence-corrected chi connectivity index (χ4v) is 6.35. The molecule has 0 radical (unpaired) electrons. The standard InChI is InChI=1S/C31H30F3N9S/c1-17-39-23-7-5-6-21(28(23)44-17)27(24-15-43(42-41-24)30(8-9-30)31(32,33)34)40-20-10-18(12-35)25-22(11-20)26(19(13-36)14-37-25)38-16-29(2,3)4/h5-7,10-11,14-15,27,40-42H,8-9,16H2,1-4H3,(H,37,38)/t27-/m0/s1. The molecule has 2 aromatic heterocycles. The second-order valence-electron chi connectivity index (χ2n) is 12.3. The van der Waals surface area contributed by atoms with Crippen LogP contribution in [0.4, 0.5) is 24.5 Å². The number of pyridine rings is 1. The molecule has 0 saturated heterocycles. The molecule has 0 bridgehead atoms. The summed E-state index contributed by atoms with van der Waals surface area (Å²) in [5, 5.41) is 29.4. The van der Waals surface area contributed by atoms with Crippen LogP contribution in [0.5, 0.6) is 0 Å². The van der Waals surface area contributed by atoms with E-state index >= 15 is 0 Å². The van der Waals surface area contributed by atoms with Crippen molar-refractivity contribution in [1.82, 2.24) is 25.9 Å². The number of benzene rings is 2. The van der Waals surface area contributed by atoms with E-state index in [9.17, 15) is 23.7 Å². The van der Waals surface area contributed by atoms with Crippen LogP contribution in [-0.2, 0) is 0 Å². The smallest absolute Gasteiger partial charge is 0.383 e. The Balaban J connectivity index is 1.48. The van der Waals surface area contributed by atoms with Gasteiger partial charge in [-0.3, -0.25) is 9.99 Å². The van der Waals surface area contributed by atoms with Gasteiger partial charge in [0.05, 0.1) is 49.3 Å². The number of hydrogen-bond acceptors (Lipinski definition) is 10. The van der Waals surface area contributed by atoms with Gasteiger partial charge in [-0.05, 0) is 48.9 Å². The highest BCUT2D eigenvalue weighted by Gasteiger charge is 2.67. The molecule has 6 rings (SSSR count). The molecule has 2 aromatic carbocycles. The van der Waals surface area contributed by atoms with Crippen molar-refractivity contribution in [3.63, 3.8) is 0 Å². The van der Waals surface area contributed by atoms with Gasteiger partial charge >= 0.3 is 6.18 Å². The molecule has 1 fully saturated rings. The predicted octanol–water partition coefficient (Wildman–Crippen LogP) is 6.77. The fourth-order valence-electron chi connectivity index (χ4n) is 5.38. The molecule has 0 amide bonds. The van der Waals surface area contributed by atoms with E-state index in [2.05, 4.69) is 64.5 Å². The maximum Gasteiger partial charge on any atom is 0.413 e. The number of fused-ring (bicyclic) bond motifs is 2. The Morgan fingerprint density at radius 1 is 1.14 bits per heavy atom. The van der Waals surface area contributed by atoms with Crippen LogP contribution in [0.25, 0.3) is 21.1 Å². The van der Waals surface area contributed by atoms with Crippen LogP contribution < -0.4 is 21.6 Å². The molecule has 1 aliphatic carbocycles. The number of alkyl halides is 3. The van der Waals surface area contributed by atoms with Crippen LogP contribution in [0.2, 0.25) is 0 Å². The lowest BCUT2D eigenvalue weighted by Crippen LogP contribution is -2.52. The van der Waals surface area contributed by atoms with Crippen molar-refractivity contribution in [2.45, 2.75) is 58.3 Å². The summed E-state index contributed by atoms with van der Waals surface area (Å²) in [7, 11) is 0. The number of nitrogens with one attached hydrogen (secondary N) is 4. The van der Waals surface area contributed by atoms with Gasteiger partial charge in [0.1, 0.15) is 12.1 Å². The number of nitrogens with zero attached hydrogens (tertiary/aromatic N) is 5. The van der Waals surface area contributed by atoms with E-state index in [0.717, 1.165) is 25.8 Å². The van der Waals surface area contributed by atoms with E-state index in [4.69, 9.17) is 0 Å². The van der Waals surface area contributed by atoms with Crippen LogP contribution in [0.15, 0.2) is 48.4 Å². The van der Waals surface area contributed by atoms with Crippen molar-refractivity contribution in [3.8, 4) is 12.1 Å². The Hall–Kier alpha value is -4.59. The Labute approximate surface area is 256 Å². The van der Waals surface area contributed by atoms with Crippen LogP contribution in [-0.4, -0.2) is 33.2 Å². The van der Waals surface area contributed by atoms with Gasteiger partial charge in [-0.2, -0.15) is 23.7 Å². The number of thiazole rings is 1. The summed E-state index contributed by atoms with van der Waals surface area (Å²) >= 11 is 1.50. The quantitative estimate of drug-likeness (QED) is 0.178. The lowest BCUT2D eigenvalue weighted by atomic mass is 9.96. The molecule has 226 valence electrons. The first-order valence-corrected chi connectivity index (χ1v) is 14.9. The SMILES string of the molecule is Cc1nc2cccc([C@H](Nc3cc(C#N)c4ncc(C#N)c(NCC(C)(C)C)c4c3)C3=CN(C4(C(F)(F)F)CC4)NN3)c2s1. The van der Waals surface area contributed by atoms with Gasteiger partial charge in [-0.25, -0.2) is 4.98 Å². The molecule has 0 spiro atoms. The highest BCUT2D eigenvalue weighted by molar-refractivity contribution is 7.18. The fraction of sp³-hybridized carbons (Fsp3) is 0.355. The maximum atomic E-state index is 14.0. The van der Waals surface area contributed by atoms with E-state index in [1.807, 2.05) is 31.2 Å². The van der Waals surface area contributed by atoms with Gasteiger partial charge in [0.15, 0.2) is 5.54 Å². The summed E-state index contributed by atoms with van der Waals surface area (Å²) in [6.07, 6.45) is -1.51. The zero-order valence-corrected chi connectivity index (χ0v) is 25.3. The predicted molar refractivity (Wildman–Crippen MR) is 164 cm³/mol. The molecular weight excluding hydrogens is 587 g/mol. The lowest BCUT2D eigenvalue weighted by molar-refractivity contribution is -0.195. The third kappa shape index (κ3) is 5.23. The summed E-state index contributed by atoms with van der Waals surface area (Å²) in [5.41, 5.74) is 7.86. The van der Waals surface area contributed by atoms with Crippen molar-refractivity contribution in [2.75, 3.05) is 17.2 Å². The number of anilines is 2. The minimum atomic E-state index is -4.41. The molecule has 9 nitrogen and oxygen atoms in total. The highest BCUT2D eigenvalue weighted by atomic mass is 32.1. The van der Waals surface area contributed by atoms with E-state index in [1.165, 1.54) is 23.7 Å². The van der Waals surface area contributed by atoms with E-state index in [0.29, 0.717) is 45.6 Å². The summed E-state index contributed by atoms with van der Waals surface area (Å²) in [5.74, 6) is 0. The van der Waals surface area contributed by atoms with Crippen LogP contribution >= 0.6 is 11.3 Å². The van der Waals surface area contributed by atoms with Crippen molar-refractivity contribution >= 4 is 43.8 Å². The molecule has 1 aliphatic heterocycles. The molecule has 1 atom stereocenters.